The Bertz CT molecular complexity index is 390. The fourth-order valence-electron chi connectivity index (χ4n) is 0.991. The fraction of sp³-hybridized carbons (Fsp3) is 0.400. The molecule has 0 radical (unpaired) electrons. The standard InChI is InChI=1S/C10H14O3S/c1-8(2)14(12,13)7-9-3-5-10(11)6-4-9/h3-6,8,11H,7H2,1-2H3. The summed E-state index contributed by atoms with van der Waals surface area (Å²) in [5.74, 6) is 0.181. The summed E-state index contributed by atoms with van der Waals surface area (Å²) in [5.41, 5.74) is 0.705. The van der Waals surface area contributed by atoms with Crippen molar-refractivity contribution in [2.45, 2.75) is 24.9 Å². The van der Waals surface area contributed by atoms with Gasteiger partial charge in [0.2, 0.25) is 0 Å². The quantitative estimate of drug-likeness (QED) is 0.833. The lowest BCUT2D eigenvalue weighted by atomic mass is 10.2. The Kier molecular flexibility index (Phi) is 3.16. The minimum absolute atomic E-state index is 0.0327. The van der Waals surface area contributed by atoms with Crippen LogP contribution < -0.4 is 0 Å². The van der Waals surface area contributed by atoms with Crippen LogP contribution in [-0.2, 0) is 15.6 Å². The molecule has 0 saturated carbocycles. The number of aromatic hydroxyl groups is 1. The number of phenolic OH excluding ortho intramolecular Hbond substituents is 1. The molecule has 4 heteroatoms. The molecule has 0 amide bonds. The van der Waals surface area contributed by atoms with E-state index in [2.05, 4.69) is 0 Å². The maximum atomic E-state index is 11.5. The molecule has 0 atom stereocenters. The molecule has 0 spiro atoms. The lowest BCUT2D eigenvalue weighted by Crippen LogP contribution is -2.15. The van der Waals surface area contributed by atoms with Crippen molar-refractivity contribution >= 4 is 9.84 Å². The van der Waals surface area contributed by atoms with Crippen LogP contribution in [-0.4, -0.2) is 18.8 Å². The number of phenols is 1. The van der Waals surface area contributed by atoms with E-state index in [1.807, 2.05) is 0 Å². The molecule has 1 aromatic carbocycles. The van der Waals surface area contributed by atoms with Crippen LogP contribution in [0.4, 0.5) is 0 Å². The van der Waals surface area contributed by atoms with Gasteiger partial charge < -0.3 is 5.11 Å². The van der Waals surface area contributed by atoms with E-state index in [0.29, 0.717) is 5.56 Å². The maximum Gasteiger partial charge on any atom is 0.156 e. The predicted molar refractivity (Wildman–Crippen MR) is 55.9 cm³/mol. The largest absolute Gasteiger partial charge is 0.508 e. The van der Waals surface area contributed by atoms with Crippen molar-refractivity contribution in [2.24, 2.45) is 0 Å². The molecule has 0 aliphatic carbocycles. The van der Waals surface area contributed by atoms with Gasteiger partial charge in [-0.2, -0.15) is 0 Å². The molecular weight excluding hydrogens is 200 g/mol. The van der Waals surface area contributed by atoms with Crippen LogP contribution in [0.1, 0.15) is 19.4 Å². The van der Waals surface area contributed by atoms with E-state index in [9.17, 15) is 8.42 Å². The molecule has 0 aliphatic rings. The van der Waals surface area contributed by atoms with Crippen molar-refractivity contribution in [3.05, 3.63) is 29.8 Å². The summed E-state index contributed by atoms with van der Waals surface area (Å²) in [6.07, 6.45) is 0. The Morgan fingerprint density at radius 3 is 2.14 bits per heavy atom. The second kappa shape index (κ2) is 4.00. The first-order valence-electron chi connectivity index (χ1n) is 4.41. The van der Waals surface area contributed by atoms with Crippen LogP contribution in [0, 0.1) is 0 Å². The Morgan fingerprint density at radius 1 is 1.21 bits per heavy atom. The van der Waals surface area contributed by atoms with Gasteiger partial charge >= 0.3 is 0 Å². The van der Waals surface area contributed by atoms with E-state index in [1.165, 1.54) is 12.1 Å². The number of benzene rings is 1. The summed E-state index contributed by atoms with van der Waals surface area (Å²) >= 11 is 0. The van der Waals surface area contributed by atoms with E-state index >= 15 is 0 Å². The normalized spacial score (nSPS) is 11.9. The highest BCUT2D eigenvalue weighted by atomic mass is 32.2. The lowest BCUT2D eigenvalue weighted by molar-refractivity contribution is 0.475. The highest BCUT2D eigenvalue weighted by Gasteiger charge is 2.16. The van der Waals surface area contributed by atoms with Crippen LogP contribution in [0.15, 0.2) is 24.3 Å². The van der Waals surface area contributed by atoms with E-state index in [-0.39, 0.29) is 16.8 Å². The van der Waals surface area contributed by atoms with Crippen molar-refractivity contribution < 1.29 is 13.5 Å². The van der Waals surface area contributed by atoms with Crippen LogP contribution in [0.5, 0.6) is 5.75 Å². The summed E-state index contributed by atoms with van der Waals surface area (Å²) in [6.45, 7) is 3.32. The minimum atomic E-state index is -3.05. The van der Waals surface area contributed by atoms with E-state index in [0.717, 1.165) is 0 Å². The first kappa shape index (κ1) is 11.0. The second-order valence-corrected chi connectivity index (χ2v) is 6.08. The van der Waals surface area contributed by atoms with E-state index < -0.39 is 9.84 Å². The highest BCUT2D eigenvalue weighted by molar-refractivity contribution is 7.91. The molecule has 3 nitrogen and oxygen atoms in total. The van der Waals surface area contributed by atoms with Crippen molar-refractivity contribution in [1.29, 1.82) is 0 Å². The molecule has 0 aliphatic heterocycles. The Morgan fingerprint density at radius 2 is 1.71 bits per heavy atom. The van der Waals surface area contributed by atoms with Gasteiger partial charge in [-0.15, -0.1) is 0 Å². The molecule has 0 aromatic heterocycles. The lowest BCUT2D eigenvalue weighted by Gasteiger charge is -2.07. The summed E-state index contributed by atoms with van der Waals surface area (Å²) < 4.78 is 23.0. The zero-order chi connectivity index (χ0) is 10.8. The van der Waals surface area contributed by atoms with Crippen LogP contribution in [0.3, 0.4) is 0 Å². The summed E-state index contributed by atoms with van der Waals surface area (Å²) in [7, 11) is -3.05. The molecule has 0 heterocycles. The Labute approximate surface area is 84.3 Å². The van der Waals surface area contributed by atoms with Crippen LogP contribution in [0.2, 0.25) is 0 Å². The second-order valence-electron chi connectivity index (χ2n) is 3.52. The third kappa shape index (κ3) is 2.73. The van der Waals surface area contributed by atoms with Crippen molar-refractivity contribution in [3.63, 3.8) is 0 Å². The molecule has 1 N–H and O–H groups in total. The smallest absolute Gasteiger partial charge is 0.156 e. The average molecular weight is 214 g/mol. The molecule has 78 valence electrons. The molecule has 1 aromatic rings. The predicted octanol–water partition coefficient (Wildman–Crippen LogP) is 1.72. The molecule has 0 saturated heterocycles. The van der Waals surface area contributed by atoms with Gasteiger partial charge in [0.25, 0.3) is 0 Å². The highest BCUT2D eigenvalue weighted by Crippen LogP contribution is 2.14. The van der Waals surface area contributed by atoms with Gasteiger partial charge in [0, 0.05) is 0 Å². The minimum Gasteiger partial charge on any atom is -0.508 e. The topological polar surface area (TPSA) is 54.4 Å². The van der Waals surface area contributed by atoms with Crippen LogP contribution >= 0.6 is 0 Å². The third-order valence-electron chi connectivity index (χ3n) is 2.02. The first-order chi connectivity index (χ1) is 6.42. The number of sulfone groups is 1. The summed E-state index contributed by atoms with van der Waals surface area (Å²) in [4.78, 5) is 0. The summed E-state index contributed by atoms with van der Waals surface area (Å²) in [6, 6.07) is 6.22. The van der Waals surface area contributed by atoms with Crippen molar-refractivity contribution in [3.8, 4) is 5.75 Å². The third-order valence-corrected chi connectivity index (χ3v) is 4.19. The molecule has 1 rings (SSSR count). The zero-order valence-corrected chi connectivity index (χ0v) is 9.08. The maximum absolute atomic E-state index is 11.5. The molecular formula is C10H14O3S. The number of rotatable bonds is 3. The van der Waals surface area contributed by atoms with Gasteiger partial charge in [-0.05, 0) is 31.5 Å². The van der Waals surface area contributed by atoms with Gasteiger partial charge in [-0.25, -0.2) is 8.42 Å². The molecule has 0 fully saturated rings. The van der Waals surface area contributed by atoms with E-state index in [4.69, 9.17) is 5.11 Å². The molecule has 0 bridgehead atoms. The molecule has 0 unspecified atom stereocenters. The number of hydrogen-bond acceptors (Lipinski definition) is 3. The van der Waals surface area contributed by atoms with Gasteiger partial charge in [0.05, 0.1) is 11.0 Å². The monoisotopic (exact) mass is 214 g/mol. The molecule has 14 heavy (non-hydrogen) atoms. The van der Waals surface area contributed by atoms with Crippen molar-refractivity contribution in [2.75, 3.05) is 0 Å². The fourth-order valence-corrected chi connectivity index (χ4v) is 1.98. The zero-order valence-electron chi connectivity index (χ0n) is 8.27. The number of hydrogen-bond donors (Lipinski definition) is 1. The van der Waals surface area contributed by atoms with Gasteiger partial charge in [0.1, 0.15) is 5.75 Å². The van der Waals surface area contributed by atoms with Crippen LogP contribution in [0.25, 0.3) is 0 Å². The van der Waals surface area contributed by atoms with Gasteiger partial charge in [-0.1, -0.05) is 12.1 Å². The summed E-state index contributed by atoms with van der Waals surface area (Å²) in [5, 5.41) is 8.65. The SMILES string of the molecule is CC(C)S(=O)(=O)Cc1ccc(O)cc1. The first-order valence-corrected chi connectivity index (χ1v) is 6.13. The average Bonchev–Trinajstić information content (AvgIpc) is 2.08. The van der Waals surface area contributed by atoms with E-state index in [1.54, 1.807) is 26.0 Å². The Hall–Kier alpha value is -1.03. The van der Waals surface area contributed by atoms with Crippen molar-refractivity contribution in [1.82, 2.24) is 0 Å². The van der Waals surface area contributed by atoms with Gasteiger partial charge in [0.15, 0.2) is 9.84 Å². The van der Waals surface area contributed by atoms with Gasteiger partial charge in [-0.3, -0.25) is 0 Å². The Balaban J connectivity index is 2.85.